The van der Waals surface area contributed by atoms with Crippen molar-refractivity contribution in [3.63, 3.8) is 0 Å². The van der Waals surface area contributed by atoms with Crippen LogP contribution in [0.5, 0.6) is 0 Å². The number of ether oxygens (including phenoxy) is 3. The van der Waals surface area contributed by atoms with E-state index in [1.165, 1.54) is 14.2 Å². The summed E-state index contributed by atoms with van der Waals surface area (Å²) in [6, 6.07) is 14.7. The van der Waals surface area contributed by atoms with Crippen molar-refractivity contribution in [3.8, 4) is 0 Å². The number of carbonyl (C=O) groups excluding carboxylic acids is 4. The minimum absolute atomic E-state index is 0.0446. The molecule has 3 aromatic rings. The summed E-state index contributed by atoms with van der Waals surface area (Å²) in [5, 5.41) is 6.13. The Morgan fingerprint density at radius 2 is 1.41 bits per heavy atom. The van der Waals surface area contributed by atoms with Crippen LogP contribution >= 0.6 is 0 Å². The molecule has 0 saturated carbocycles. The number of hydrogen-bond donors (Lipinski definition) is 3. The molecular formula is C29H35N3O7. The first kappa shape index (κ1) is 29.2. The maximum atomic E-state index is 13.2. The van der Waals surface area contributed by atoms with Gasteiger partial charge in [0.05, 0.1) is 20.6 Å². The summed E-state index contributed by atoms with van der Waals surface area (Å²) >= 11 is 0. The van der Waals surface area contributed by atoms with E-state index in [0.29, 0.717) is 11.3 Å². The number of fused-ring (bicyclic) bond motifs is 1. The fraction of sp³-hybridized carbons (Fsp3) is 0.379. The molecular weight excluding hydrogens is 502 g/mol. The van der Waals surface area contributed by atoms with Crippen LogP contribution in [-0.4, -0.2) is 60.8 Å². The average Bonchev–Trinajstić information content (AvgIpc) is 3.22. The molecule has 1 heterocycles. The van der Waals surface area contributed by atoms with Crippen LogP contribution < -0.4 is 10.6 Å². The Labute approximate surface area is 227 Å². The number of carbonyl (C=O) groups is 4. The first-order valence-corrected chi connectivity index (χ1v) is 12.6. The van der Waals surface area contributed by atoms with E-state index in [4.69, 9.17) is 14.2 Å². The number of hydrogen-bond acceptors (Lipinski definition) is 7. The van der Waals surface area contributed by atoms with Crippen molar-refractivity contribution in [2.24, 2.45) is 0 Å². The number of esters is 2. The summed E-state index contributed by atoms with van der Waals surface area (Å²) in [5.74, 6) is -1.63. The maximum absolute atomic E-state index is 13.2. The van der Waals surface area contributed by atoms with Crippen LogP contribution in [0.2, 0.25) is 0 Å². The van der Waals surface area contributed by atoms with Gasteiger partial charge < -0.3 is 29.8 Å². The molecule has 10 heteroatoms. The number of aromatic nitrogens is 1. The zero-order valence-corrected chi connectivity index (χ0v) is 22.8. The van der Waals surface area contributed by atoms with Crippen LogP contribution in [-0.2, 0) is 47.9 Å². The Morgan fingerprint density at radius 3 is 2.03 bits per heavy atom. The fourth-order valence-corrected chi connectivity index (χ4v) is 4.22. The highest BCUT2D eigenvalue weighted by Gasteiger charge is 2.29. The second kappa shape index (κ2) is 12.9. The summed E-state index contributed by atoms with van der Waals surface area (Å²) in [4.78, 5) is 53.9. The molecule has 39 heavy (non-hydrogen) atoms. The minimum atomic E-state index is -1.06. The predicted octanol–water partition coefficient (Wildman–Crippen LogP) is 3.22. The van der Waals surface area contributed by atoms with Crippen LogP contribution in [0, 0.1) is 0 Å². The van der Waals surface area contributed by atoms with Crippen molar-refractivity contribution >= 4 is 34.8 Å². The van der Waals surface area contributed by atoms with Gasteiger partial charge in [-0.1, -0.05) is 48.5 Å². The zero-order chi connectivity index (χ0) is 28.6. The van der Waals surface area contributed by atoms with Crippen LogP contribution in [0.1, 0.15) is 37.6 Å². The van der Waals surface area contributed by atoms with Gasteiger partial charge in [-0.25, -0.2) is 14.4 Å². The van der Waals surface area contributed by atoms with Crippen molar-refractivity contribution in [2.75, 3.05) is 14.2 Å². The van der Waals surface area contributed by atoms with Crippen LogP contribution in [0.4, 0.5) is 4.79 Å². The van der Waals surface area contributed by atoms with Crippen molar-refractivity contribution in [3.05, 3.63) is 71.4 Å². The molecule has 2 amide bonds. The van der Waals surface area contributed by atoms with Gasteiger partial charge in [-0.15, -0.1) is 0 Å². The van der Waals surface area contributed by atoms with Gasteiger partial charge in [0.2, 0.25) is 5.91 Å². The highest BCUT2D eigenvalue weighted by atomic mass is 16.6. The van der Waals surface area contributed by atoms with E-state index >= 15 is 0 Å². The lowest BCUT2D eigenvalue weighted by Crippen LogP contribution is -2.45. The normalized spacial score (nSPS) is 12.7. The first-order valence-electron chi connectivity index (χ1n) is 12.6. The Kier molecular flexibility index (Phi) is 9.70. The number of aromatic amines is 1. The van der Waals surface area contributed by atoms with Gasteiger partial charge in [0.25, 0.3) is 0 Å². The second-order valence-electron chi connectivity index (χ2n) is 10.1. The van der Waals surface area contributed by atoms with Gasteiger partial charge in [0, 0.05) is 29.4 Å². The maximum Gasteiger partial charge on any atom is 0.408 e. The molecule has 2 atom stereocenters. The van der Waals surface area contributed by atoms with Gasteiger partial charge in [-0.05, 0) is 38.0 Å². The van der Waals surface area contributed by atoms with Crippen molar-refractivity contribution in [1.82, 2.24) is 15.6 Å². The van der Waals surface area contributed by atoms with Gasteiger partial charge in [-0.3, -0.25) is 4.79 Å². The lowest BCUT2D eigenvalue weighted by Gasteiger charge is -2.23. The Balaban J connectivity index is 1.85. The van der Waals surface area contributed by atoms with E-state index in [2.05, 4.69) is 15.6 Å². The molecule has 0 aliphatic heterocycles. The average molecular weight is 538 g/mol. The molecule has 0 aliphatic rings. The fourth-order valence-electron chi connectivity index (χ4n) is 4.22. The number of H-pyrrole nitrogens is 1. The monoisotopic (exact) mass is 537 g/mol. The SMILES string of the molecule is COC(=O)[C@H](Cc1c(CC(=O)N[C@H](Cc2ccccc2)C(=O)OC)[nH]c2ccccc12)NC(=O)OC(C)(C)C. The van der Waals surface area contributed by atoms with E-state index in [-0.39, 0.29) is 19.3 Å². The molecule has 0 fully saturated rings. The first-order chi connectivity index (χ1) is 18.5. The van der Waals surface area contributed by atoms with Crippen molar-refractivity contribution < 1.29 is 33.4 Å². The molecule has 208 valence electrons. The van der Waals surface area contributed by atoms with E-state index in [1.807, 2.05) is 54.6 Å². The molecule has 0 bridgehead atoms. The van der Waals surface area contributed by atoms with Crippen molar-refractivity contribution in [1.29, 1.82) is 0 Å². The number of para-hydroxylation sites is 1. The molecule has 0 aliphatic carbocycles. The molecule has 3 rings (SSSR count). The van der Waals surface area contributed by atoms with Gasteiger partial charge >= 0.3 is 18.0 Å². The van der Waals surface area contributed by atoms with E-state index in [9.17, 15) is 19.2 Å². The van der Waals surface area contributed by atoms with Crippen LogP contribution in [0.3, 0.4) is 0 Å². The largest absolute Gasteiger partial charge is 0.467 e. The number of amides is 2. The third-order valence-corrected chi connectivity index (χ3v) is 5.93. The lowest BCUT2D eigenvalue weighted by atomic mass is 10.0. The molecule has 0 saturated heterocycles. The van der Waals surface area contributed by atoms with E-state index in [1.54, 1.807) is 20.8 Å². The third-order valence-electron chi connectivity index (χ3n) is 5.93. The Bertz CT molecular complexity index is 1310. The van der Waals surface area contributed by atoms with E-state index < -0.39 is 41.6 Å². The highest BCUT2D eigenvalue weighted by molar-refractivity contribution is 5.90. The molecule has 0 unspecified atom stereocenters. The molecule has 2 aromatic carbocycles. The lowest BCUT2D eigenvalue weighted by molar-refractivity contribution is -0.145. The number of alkyl carbamates (subject to hydrolysis) is 1. The molecule has 10 nitrogen and oxygen atoms in total. The van der Waals surface area contributed by atoms with E-state index in [0.717, 1.165) is 16.5 Å². The summed E-state index contributed by atoms with van der Waals surface area (Å²) in [5.41, 5.74) is 2.06. The minimum Gasteiger partial charge on any atom is -0.467 e. The Morgan fingerprint density at radius 1 is 0.821 bits per heavy atom. The van der Waals surface area contributed by atoms with Crippen LogP contribution in [0.25, 0.3) is 10.9 Å². The number of benzene rings is 2. The highest BCUT2D eigenvalue weighted by Crippen LogP contribution is 2.25. The summed E-state index contributed by atoms with van der Waals surface area (Å²) in [6.45, 7) is 5.15. The number of nitrogens with one attached hydrogen (secondary N) is 3. The standard InChI is InChI=1S/C29H35N3O7/c1-29(2,3)39-28(36)32-24(27(35)38-5)16-20-19-13-9-10-14-21(19)30-22(20)17-25(33)31-23(26(34)37-4)15-18-11-7-6-8-12-18/h6-14,23-24,30H,15-17H2,1-5H3,(H,31,33)(H,32,36)/t23-,24+/m1/s1. The molecule has 1 aromatic heterocycles. The van der Waals surface area contributed by atoms with Gasteiger partial charge in [0.1, 0.15) is 17.7 Å². The van der Waals surface area contributed by atoms with Gasteiger partial charge in [-0.2, -0.15) is 0 Å². The summed E-state index contributed by atoms with van der Waals surface area (Å²) in [6.07, 6.45) is -0.558. The molecule has 3 N–H and O–H groups in total. The summed E-state index contributed by atoms with van der Waals surface area (Å²) in [7, 11) is 2.50. The smallest absolute Gasteiger partial charge is 0.408 e. The number of rotatable bonds is 10. The van der Waals surface area contributed by atoms with Gasteiger partial charge in [0.15, 0.2) is 0 Å². The zero-order valence-electron chi connectivity index (χ0n) is 22.8. The van der Waals surface area contributed by atoms with Crippen LogP contribution in [0.15, 0.2) is 54.6 Å². The Hall–Kier alpha value is -4.34. The van der Waals surface area contributed by atoms with Crippen molar-refractivity contribution in [2.45, 2.75) is 57.7 Å². The third kappa shape index (κ3) is 8.33. The topological polar surface area (TPSA) is 136 Å². The predicted molar refractivity (Wildman–Crippen MR) is 145 cm³/mol. The number of methoxy groups -OCH3 is 2. The molecule has 0 radical (unpaired) electrons. The second-order valence-corrected chi connectivity index (χ2v) is 10.1. The molecule has 0 spiro atoms. The summed E-state index contributed by atoms with van der Waals surface area (Å²) < 4.78 is 15.1. The quantitative estimate of drug-likeness (QED) is 0.267.